The van der Waals surface area contributed by atoms with Crippen LogP contribution in [0.1, 0.15) is 19.8 Å². The summed E-state index contributed by atoms with van der Waals surface area (Å²) in [5.74, 6) is 0.712. The van der Waals surface area contributed by atoms with E-state index in [2.05, 4.69) is 15.5 Å². The summed E-state index contributed by atoms with van der Waals surface area (Å²) in [6.45, 7) is 3.46. The number of likely N-dealkylation sites (tertiary alicyclic amines) is 1. The van der Waals surface area contributed by atoms with E-state index in [1.54, 1.807) is 11.6 Å². The Labute approximate surface area is 122 Å². The third-order valence-electron chi connectivity index (χ3n) is 3.53. The molecule has 1 aliphatic heterocycles. The number of carbonyl (C=O) groups is 1. The monoisotopic (exact) mass is 287 g/mol. The third-order valence-corrected chi connectivity index (χ3v) is 3.53. The summed E-state index contributed by atoms with van der Waals surface area (Å²) in [7, 11) is 0. The van der Waals surface area contributed by atoms with E-state index in [9.17, 15) is 4.79 Å². The Morgan fingerprint density at radius 3 is 2.57 bits per heavy atom. The first kappa shape index (κ1) is 13.5. The summed E-state index contributed by atoms with van der Waals surface area (Å²) < 4.78 is 7.27. The summed E-state index contributed by atoms with van der Waals surface area (Å²) in [4.78, 5) is 14.0. The smallest absolute Gasteiger partial charge is 0.263 e. The maximum Gasteiger partial charge on any atom is 0.263 e. The van der Waals surface area contributed by atoms with Crippen LogP contribution in [0.25, 0.3) is 5.69 Å². The first-order valence-corrected chi connectivity index (χ1v) is 7.03. The largest absolute Gasteiger partial charge is 0.481 e. The van der Waals surface area contributed by atoms with Gasteiger partial charge in [0.15, 0.2) is 6.10 Å². The number of benzene rings is 1. The van der Waals surface area contributed by atoms with Gasteiger partial charge in [-0.25, -0.2) is 4.68 Å². The van der Waals surface area contributed by atoms with Gasteiger partial charge in [0.2, 0.25) is 0 Å². The Balaban J connectivity index is 1.63. The number of hydrogen-bond acceptors (Lipinski definition) is 5. The minimum atomic E-state index is -0.470. The van der Waals surface area contributed by atoms with E-state index in [-0.39, 0.29) is 5.91 Å². The maximum absolute atomic E-state index is 12.2. The second-order valence-electron chi connectivity index (χ2n) is 5.04. The van der Waals surface area contributed by atoms with Crippen LogP contribution in [0.5, 0.6) is 5.75 Å². The van der Waals surface area contributed by atoms with Crippen molar-refractivity contribution in [2.45, 2.75) is 25.9 Å². The molecule has 1 aliphatic rings. The highest BCUT2D eigenvalue weighted by atomic mass is 16.5. The van der Waals surface area contributed by atoms with Crippen molar-refractivity contribution in [3.63, 3.8) is 0 Å². The van der Waals surface area contributed by atoms with Gasteiger partial charge in [0.05, 0.1) is 5.69 Å². The van der Waals surface area contributed by atoms with Crippen molar-refractivity contribution < 1.29 is 9.53 Å². The Morgan fingerprint density at radius 2 is 1.95 bits per heavy atom. The summed E-state index contributed by atoms with van der Waals surface area (Å²) in [5.41, 5.74) is 0.839. The van der Waals surface area contributed by atoms with Crippen LogP contribution in [0.2, 0.25) is 0 Å². The topological polar surface area (TPSA) is 73.1 Å². The third kappa shape index (κ3) is 3.01. The van der Waals surface area contributed by atoms with E-state index >= 15 is 0 Å². The highest BCUT2D eigenvalue weighted by Gasteiger charge is 2.24. The molecule has 7 heteroatoms. The minimum absolute atomic E-state index is 0.0528. The SMILES string of the molecule is C[C@@H](Oc1ccc(-n2cnnn2)cc1)C(=O)N1CCCC1. The van der Waals surface area contributed by atoms with Gasteiger partial charge in [-0.3, -0.25) is 4.79 Å². The van der Waals surface area contributed by atoms with Gasteiger partial charge in [-0.15, -0.1) is 5.10 Å². The van der Waals surface area contributed by atoms with Gasteiger partial charge in [0.25, 0.3) is 5.91 Å². The van der Waals surface area contributed by atoms with Gasteiger partial charge >= 0.3 is 0 Å². The molecule has 2 heterocycles. The van der Waals surface area contributed by atoms with Crippen LogP contribution in [-0.2, 0) is 4.79 Å². The van der Waals surface area contributed by atoms with Crippen molar-refractivity contribution in [1.82, 2.24) is 25.1 Å². The Hall–Kier alpha value is -2.44. The molecule has 0 spiro atoms. The highest BCUT2D eigenvalue weighted by molar-refractivity contribution is 5.81. The fourth-order valence-electron chi connectivity index (χ4n) is 2.41. The van der Waals surface area contributed by atoms with Crippen molar-refractivity contribution in [1.29, 1.82) is 0 Å². The molecule has 3 rings (SSSR count). The lowest BCUT2D eigenvalue weighted by Crippen LogP contribution is -2.38. The van der Waals surface area contributed by atoms with Crippen LogP contribution in [0.4, 0.5) is 0 Å². The number of hydrogen-bond donors (Lipinski definition) is 0. The number of nitrogens with zero attached hydrogens (tertiary/aromatic N) is 5. The molecule has 0 unspecified atom stereocenters. The molecule has 0 bridgehead atoms. The van der Waals surface area contributed by atoms with Crippen LogP contribution in [0, 0.1) is 0 Å². The van der Waals surface area contributed by atoms with E-state index in [1.807, 2.05) is 29.2 Å². The normalized spacial score (nSPS) is 16.0. The summed E-state index contributed by atoms with van der Waals surface area (Å²) in [6.07, 6.45) is 3.22. The van der Waals surface area contributed by atoms with Crippen LogP contribution in [0.3, 0.4) is 0 Å². The molecule has 0 saturated carbocycles. The summed E-state index contributed by atoms with van der Waals surface area (Å²) in [6, 6.07) is 7.31. The van der Waals surface area contributed by atoms with Gasteiger partial charge in [0.1, 0.15) is 12.1 Å². The lowest BCUT2D eigenvalue weighted by Gasteiger charge is -2.21. The molecule has 1 saturated heterocycles. The van der Waals surface area contributed by atoms with E-state index in [0.29, 0.717) is 5.75 Å². The fraction of sp³-hybridized carbons (Fsp3) is 0.429. The molecule has 110 valence electrons. The number of carbonyl (C=O) groups excluding carboxylic acids is 1. The van der Waals surface area contributed by atoms with Gasteiger partial charge in [-0.1, -0.05) is 0 Å². The van der Waals surface area contributed by atoms with Crippen molar-refractivity contribution in [2.24, 2.45) is 0 Å². The van der Waals surface area contributed by atoms with E-state index in [4.69, 9.17) is 4.74 Å². The van der Waals surface area contributed by atoms with Gasteiger partial charge in [-0.05, 0) is 54.5 Å². The highest BCUT2D eigenvalue weighted by Crippen LogP contribution is 2.17. The van der Waals surface area contributed by atoms with Crippen LogP contribution in [-0.4, -0.2) is 50.2 Å². The van der Waals surface area contributed by atoms with E-state index in [1.165, 1.54) is 6.33 Å². The summed E-state index contributed by atoms with van der Waals surface area (Å²) >= 11 is 0. The Kier molecular flexibility index (Phi) is 3.81. The molecule has 1 amide bonds. The second-order valence-corrected chi connectivity index (χ2v) is 5.04. The molecule has 1 atom stereocenters. The quantitative estimate of drug-likeness (QED) is 0.840. The van der Waals surface area contributed by atoms with Gasteiger partial charge < -0.3 is 9.64 Å². The number of tetrazole rings is 1. The first-order valence-electron chi connectivity index (χ1n) is 7.03. The molecule has 0 aliphatic carbocycles. The van der Waals surface area contributed by atoms with Gasteiger partial charge in [0, 0.05) is 13.1 Å². The molecule has 7 nitrogen and oxygen atoms in total. The molecule has 1 fully saturated rings. The Bertz CT molecular complexity index is 590. The minimum Gasteiger partial charge on any atom is -0.481 e. The number of ether oxygens (including phenoxy) is 1. The lowest BCUT2D eigenvalue weighted by atomic mass is 10.3. The molecule has 1 aromatic carbocycles. The molecule has 0 N–H and O–H groups in total. The predicted octanol–water partition coefficient (Wildman–Crippen LogP) is 1.05. The zero-order valence-corrected chi connectivity index (χ0v) is 11.8. The average Bonchev–Trinajstić information content (AvgIpc) is 3.20. The zero-order valence-electron chi connectivity index (χ0n) is 11.8. The number of amides is 1. The van der Waals surface area contributed by atoms with Crippen LogP contribution in [0.15, 0.2) is 30.6 Å². The standard InChI is InChI=1S/C14H17N5O2/c1-11(14(20)18-8-2-3-9-18)21-13-6-4-12(5-7-13)19-10-15-16-17-19/h4-7,10-11H,2-3,8-9H2,1H3/t11-/m1/s1. The molecule has 0 radical (unpaired) electrons. The molecular weight excluding hydrogens is 270 g/mol. The molecule has 1 aromatic heterocycles. The Morgan fingerprint density at radius 1 is 1.24 bits per heavy atom. The first-order chi connectivity index (χ1) is 10.2. The fourth-order valence-corrected chi connectivity index (χ4v) is 2.41. The van der Waals surface area contributed by atoms with Crippen molar-refractivity contribution in [3.05, 3.63) is 30.6 Å². The average molecular weight is 287 g/mol. The number of aromatic nitrogens is 4. The predicted molar refractivity (Wildman–Crippen MR) is 75.1 cm³/mol. The van der Waals surface area contributed by atoms with Crippen molar-refractivity contribution in [3.8, 4) is 11.4 Å². The maximum atomic E-state index is 12.2. The van der Waals surface area contributed by atoms with Crippen molar-refractivity contribution >= 4 is 5.91 Å². The summed E-state index contributed by atoms with van der Waals surface area (Å²) in [5, 5.41) is 11.0. The lowest BCUT2D eigenvalue weighted by molar-refractivity contribution is -0.136. The van der Waals surface area contributed by atoms with Crippen molar-refractivity contribution in [2.75, 3.05) is 13.1 Å². The van der Waals surface area contributed by atoms with E-state index in [0.717, 1.165) is 31.6 Å². The molecule has 2 aromatic rings. The molecular formula is C14H17N5O2. The van der Waals surface area contributed by atoms with Crippen LogP contribution < -0.4 is 4.74 Å². The van der Waals surface area contributed by atoms with E-state index < -0.39 is 6.10 Å². The number of rotatable bonds is 4. The van der Waals surface area contributed by atoms with Crippen LogP contribution >= 0.6 is 0 Å². The zero-order chi connectivity index (χ0) is 14.7. The molecule has 21 heavy (non-hydrogen) atoms. The van der Waals surface area contributed by atoms with Gasteiger partial charge in [-0.2, -0.15) is 0 Å². The second kappa shape index (κ2) is 5.90.